The minimum Gasteiger partial charge on any atom is -0.489 e. The molecule has 3 aromatic carbocycles. The van der Waals surface area contributed by atoms with Crippen molar-refractivity contribution in [3.63, 3.8) is 0 Å². The molecule has 0 aliphatic heterocycles. The monoisotopic (exact) mass is 355 g/mol. The summed E-state index contributed by atoms with van der Waals surface area (Å²) < 4.78 is 6.15. The lowest BCUT2D eigenvalue weighted by molar-refractivity contribution is 0.302. The third-order valence-corrected chi connectivity index (χ3v) is 4.09. The van der Waals surface area contributed by atoms with Crippen LogP contribution in [0, 0.1) is 5.92 Å². The van der Waals surface area contributed by atoms with E-state index in [1.54, 1.807) is 0 Å². The topological polar surface area (TPSA) is 21.3 Å². The van der Waals surface area contributed by atoms with Crippen LogP contribution in [-0.4, -0.2) is 6.54 Å². The van der Waals surface area contributed by atoms with Gasteiger partial charge in [-0.3, -0.25) is 0 Å². The van der Waals surface area contributed by atoms with Gasteiger partial charge in [0, 0.05) is 12.1 Å². The van der Waals surface area contributed by atoms with Crippen molar-refractivity contribution in [2.24, 2.45) is 5.92 Å². The molecule has 0 saturated carbocycles. The Hall–Kier alpha value is -2.03. The van der Waals surface area contributed by atoms with E-state index in [0.717, 1.165) is 18.8 Å². The Kier molecular flexibility index (Phi) is 7.30. The van der Waals surface area contributed by atoms with Crippen molar-refractivity contribution >= 4 is 23.2 Å². The van der Waals surface area contributed by atoms with Crippen molar-refractivity contribution in [2.45, 2.75) is 27.0 Å². The Labute approximate surface area is 156 Å². The van der Waals surface area contributed by atoms with Crippen LogP contribution in [-0.2, 0) is 13.2 Å². The smallest absolute Gasteiger partial charge is 0.124 e. The number of nitrogens with one attached hydrogen (secondary N) is 1. The van der Waals surface area contributed by atoms with E-state index in [-0.39, 0.29) is 12.4 Å². The predicted molar refractivity (Wildman–Crippen MR) is 109 cm³/mol. The largest absolute Gasteiger partial charge is 0.489 e. The van der Waals surface area contributed by atoms with Gasteiger partial charge in [-0.1, -0.05) is 74.5 Å². The summed E-state index contributed by atoms with van der Waals surface area (Å²) >= 11 is 0. The lowest BCUT2D eigenvalue weighted by Crippen LogP contribution is -2.19. The van der Waals surface area contributed by atoms with E-state index >= 15 is 0 Å². The zero-order chi connectivity index (χ0) is 16.8. The van der Waals surface area contributed by atoms with Crippen LogP contribution in [0.25, 0.3) is 10.8 Å². The molecule has 3 aromatic rings. The first kappa shape index (κ1) is 19.3. The fourth-order valence-corrected chi connectivity index (χ4v) is 2.85. The maximum atomic E-state index is 6.15. The van der Waals surface area contributed by atoms with Gasteiger partial charge in [-0.2, -0.15) is 0 Å². The number of hydrogen-bond acceptors (Lipinski definition) is 2. The number of halogens is 1. The number of fused-ring (bicyclic) bond motifs is 1. The van der Waals surface area contributed by atoms with Crippen molar-refractivity contribution < 1.29 is 4.74 Å². The summed E-state index contributed by atoms with van der Waals surface area (Å²) in [4.78, 5) is 0. The van der Waals surface area contributed by atoms with Crippen molar-refractivity contribution in [2.75, 3.05) is 6.54 Å². The SMILES string of the molecule is CC(C)CNCc1c(OCc2ccccc2)ccc2ccccc12.Cl. The van der Waals surface area contributed by atoms with E-state index in [1.165, 1.54) is 21.9 Å². The molecule has 0 radical (unpaired) electrons. The van der Waals surface area contributed by atoms with Crippen LogP contribution in [0.3, 0.4) is 0 Å². The van der Waals surface area contributed by atoms with Crippen molar-refractivity contribution in [3.05, 3.63) is 77.9 Å². The molecule has 0 aromatic heterocycles. The van der Waals surface area contributed by atoms with Crippen LogP contribution in [0.2, 0.25) is 0 Å². The van der Waals surface area contributed by atoms with Gasteiger partial charge in [0.25, 0.3) is 0 Å². The molecule has 2 nitrogen and oxygen atoms in total. The van der Waals surface area contributed by atoms with Crippen molar-refractivity contribution in [1.29, 1.82) is 0 Å². The molecule has 0 atom stereocenters. The zero-order valence-electron chi connectivity index (χ0n) is 14.9. The van der Waals surface area contributed by atoms with Gasteiger partial charge < -0.3 is 10.1 Å². The van der Waals surface area contributed by atoms with Crippen LogP contribution in [0.15, 0.2) is 66.7 Å². The van der Waals surface area contributed by atoms with E-state index < -0.39 is 0 Å². The van der Waals surface area contributed by atoms with Gasteiger partial charge in [-0.25, -0.2) is 0 Å². The third-order valence-electron chi connectivity index (χ3n) is 4.09. The summed E-state index contributed by atoms with van der Waals surface area (Å²) in [5, 5.41) is 6.07. The van der Waals surface area contributed by atoms with Crippen LogP contribution < -0.4 is 10.1 Å². The number of rotatable bonds is 7. The van der Waals surface area contributed by atoms with Gasteiger partial charge in [0.15, 0.2) is 0 Å². The maximum Gasteiger partial charge on any atom is 0.124 e. The quantitative estimate of drug-likeness (QED) is 0.596. The molecule has 1 N–H and O–H groups in total. The molecule has 0 aliphatic carbocycles. The van der Waals surface area contributed by atoms with E-state index in [4.69, 9.17) is 4.74 Å². The van der Waals surface area contributed by atoms with E-state index in [1.807, 2.05) is 18.2 Å². The number of benzene rings is 3. The van der Waals surface area contributed by atoms with Crippen LogP contribution in [0.5, 0.6) is 5.75 Å². The molecule has 132 valence electrons. The molecule has 0 aliphatic rings. The molecule has 0 saturated heterocycles. The van der Waals surface area contributed by atoms with Gasteiger partial charge in [0.2, 0.25) is 0 Å². The zero-order valence-corrected chi connectivity index (χ0v) is 15.7. The molecule has 0 spiro atoms. The normalized spacial score (nSPS) is 10.7. The van der Waals surface area contributed by atoms with Crippen LogP contribution in [0.1, 0.15) is 25.0 Å². The summed E-state index contributed by atoms with van der Waals surface area (Å²) in [7, 11) is 0. The van der Waals surface area contributed by atoms with Crippen LogP contribution in [0.4, 0.5) is 0 Å². The highest BCUT2D eigenvalue weighted by Gasteiger charge is 2.09. The van der Waals surface area contributed by atoms with Gasteiger partial charge in [0.05, 0.1) is 0 Å². The molecule has 0 amide bonds. The molecule has 3 heteroatoms. The highest BCUT2D eigenvalue weighted by Crippen LogP contribution is 2.28. The Morgan fingerprint density at radius 1 is 0.880 bits per heavy atom. The molecular formula is C22H26ClNO. The lowest BCUT2D eigenvalue weighted by Gasteiger charge is -2.16. The van der Waals surface area contributed by atoms with Gasteiger partial charge >= 0.3 is 0 Å². The van der Waals surface area contributed by atoms with E-state index in [9.17, 15) is 0 Å². The van der Waals surface area contributed by atoms with E-state index in [2.05, 4.69) is 67.7 Å². The highest BCUT2D eigenvalue weighted by atomic mass is 35.5. The second-order valence-electron chi connectivity index (χ2n) is 6.56. The summed E-state index contributed by atoms with van der Waals surface area (Å²) in [6.45, 7) is 6.87. The summed E-state index contributed by atoms with van der Waals surface area (Å²) in [6.07, 6.45) is 0. The molecule has 3 rings (SSSR count). The Morgan fingerprint density at radius 2 is 1.60 bits per heavy atom. The summed E-state index contributed by atoms with van der Waals surface area (Å²) in [6, 6.07) is 23.1. The van der Waals surface area contributed by atoms with Crippen LogP contribution >= 0.6 is 12.4 Å². The molecular weight excluding hydrogens is 330 g/mol. The Bertz CT molecular complexity index is 786. The van der Waals surface area contributed by atoms with Crippen molar-refractivity contribution in [1.82, 2.24) is 5.32 Å². The summed E-state index contributed by atoms with van der Waals surface area (Å²) in [5.74, 6) is 1.60. The number of ether oxygens (including phenoxy) is 1. The molecule has 0 fully saturated rings. The minimum atomic E-state index is 0. The average Bonchev–Trinajstić information content (AvgIpc) is 2.61. The third kappa shape index (κ3) is 5.22. The minimum absolute atomic E-state index is 0. The highest BCUT2D eigenvalue weighted by molar-refractivity contribution is 5.87. The van der Waals surface area contributed by atoms with Gasteiger partial charge in [-0.15, -0.1) is 12.4 Å². The fourth-order valence-electron chi connectivity index (χ4n) is 2.85. The Morgan fingerprint density at radius 3 is 2.36 bits per heavy atom. The Balaban J connectivity index is 0.00000225. The van der Waals surface area contributed by atoms with Gasteiger partial charge in [-0.05, 0) is 34.9 Å². The predicted octanol–water partition coefficient (Wildman–Crippen LogP) is 5.59. The molecule has 25 heavy (non-hydrogen) atoms. The second kappa shape index (κ2) is 9.45. The number of hydrogen-bond donors (Lipinski definition) is 1. The fraction of sp³-hybridized carbons (Fsp3) is 0.273. The van der Waals surface area contributed by atoms with Gasteiger partial charge in [0.1, 0.15) is 12.4 Å². The maximum absolute atomic E-state index is 6.15. The second-order valence-corrected chi connectivity index (χ2v) is 6.56. The standard InChI is InChI=1S/C22H25NO.ClH/c1-17(2)14-23-15-21-20-11-7-6-10-19(20)12-13-22(21)24-16-18-8-4-3-5-9-18;/h3-13,17,23H,14-16H2,1-2H3;1H. The van der Waals surface area contributed by atoms with E-state index in [0.29, 0.717) is 12.5 Å². The molecule has 0 bridgehead atoms. The first-order chi connectivity index (χ1) is 11.7. The summed E-state index contributed by atoms with van der Waals surface area (Å²) in [5.41, 5.74) is 2.43. The lowest BCUT2D eigenvalue weighted by atomic mass is 10.0. The average molecular weight is 356 g/mol. The molecule has 0 unspecified atom stereocenters. The molecule has 0 heterocycles. The first-order valence-corrected chi connectivity index (χ1v) is 8.62. The first-order valence-electron chi connectivity index (χ1n) is 8.62. The van der Waals surface area contributed by atoms with Crippen molar-refractivity contribution in [3.8, 4) is 5.75 Å².